The minimum absolute atomic E-state index is 0.0634. The molecule has 16 heavy (non-hydrogen) atoms. The van der Waals surface area contributed by atoms with Gasteiger partial charge in [0, 0.05) is 17.6 Å². The number of rotatable bonds is 4. The molecule has 0 saturated carbocycles. The Labute approximate surface area is 96.5 Å². The Kier molecular flexibility index (Phi) is 3.86. The molecule has 0 unspecified atom stereocenters. The van der Waals surface area contributed by atoms with Gasteiger partial charge in [-0.15, -0.1) is 0 Å². The van der Waals surface area contributed by atoms with Crippen LogP contribution in [-0.4, -0.2) is 9.78 Å². The van der Waals surface area contributed by atoms with Crippen molar-refractivity contribution in [1.29, 1.82) is 0 Å². The molecule has 0 atom stereocenters. The Balaban J connectivity index is 3.22. The molecular weight excluding hydrogens is 202 g/mol. The molecule has 0 spiro atoms. The molecule has 4 nitrogen and oxygen atoms in total. The third kappa shape index (κ3) is 2.92. The van der Waals surface area contributed by atoms with Crippen molar-refractivity contribution < 1.29 is 0 Å². The van der Waals surface area contributed by atoms with Crippen molar-refractivity contribution >= 4 is 0 Å². The molecular formula is C12H21N3O. The zero-order chi connectivity index (χ0) is 12.3. The lowest BCUT2D eigenvalue weighted by Gasteiger charge is -2.19. The third-order valence-electron chi connectivity index (χ3n) is 2.51. The molecule has 1 aromatic rings. The molecule has 0 aliphatic rings. The van der Waals surface area contributed by atoms with E-state index in [4.69, 9.17) is 5.73 Å². The highest BCUT2D eigenvalue weighted by atomic mass is 16.1. The highest BCUT2D eigenvalue weighted by Crippen LogP contribution is 2.12. The lowest BCUT2D eigenvalue weighted by Crippen LogP contribution is -2.39. The van der Waals surface area contributed by atoms with Crippen LogP contribution in [0.4, 0.5) is 0 Å². The molecule has 0 aromatic carbocycles. The van der Waals surface area contributed by atoms with Crippen LogP contribution in [0.2, 0.25) is 0 Å². The van der Waals surface area contributed by atoms with Gasteiger partial charge in [0.15, 0.2) is 0 Å². The average Bonchev–Trinajstić information content (AvgIpc) is 2.17. The maximum absolute atomic E-state index is 12.1. The quantitative estimate of drug-likeness (QED) is 0.842. The van der Waals surface area contributed by atoms with Crippen LogP contribution in [0.25, 0.3) is 0 Å². The zero-order valence-corrected chi connectivity index (χ0v) is 10.6. The molecule has 90 valence electrons. The second kappa shape index (κ2) is 4.78. The molecule has 0 bridgehead atoms. The number of nitrogens with two attached hydrogens (primary N) is 1. The first-order valence-electron chi connectivity index (χ1n) is 5.74. The number of hydrogen-bond donors (Lipinski definition) is 1. The van der Waals surface area contributed by atoms with E-state index in [1.54, 1.807) is 6.07 Å². The van der Waals surface area contributed by atoms with Gasteiger partial charge in [0.25, 0.3) is 5.56 Å². The van der Waals surface area contributed by atoms with Gasteiger partial charge in [-0.05, 0) is 33.3 Å². The smallest absolute Gasteiger partial charge is 0.271 e. The Morgan fingerprint density at radius 2 is 2.12 bits per heavy atom. The fourth-order valence-corrected chi connectivity index (χ4v) is 1.60. The molecule has 1 rings (SSSR count). The van der Waals surface area contributed by atoms with Gasteiger partial charge in [0.05, 0.1) is 5.69 Å². The van der Waals surface area contributed by atoms with Crippen molar-refractivity contribution in [2.24, 2.45) is 5.73 Å². The third-order valence-corrected chi connectivity index (χ3v) is 2.51. The van der Waals surface area contributed by atoms with Gasteiger partial charge in [-0.1, -0.05) is 13.3 Å². The molecule has 0 saturated heterocycles. The molecule has 0 amide bonds. The lowest BCUT2D eigenvalue weighted by molar-refractivity contribution is 0.492. The van der Waals surface area contributed by atoms with Crippen LogP contribution >= 0.6 is 0 Å². The van der Waals surface area contributed by atoms with E-state index < -0.39 is 5.54 Å². The van der Waals surface area contributed by atoms with Crippen molar-refractivity contribution in [3.05, 3.63) is 27.7 Å². The molecule has 0 fully saturated rings. The molecule has 1 aromatic heterocycles. The molecule has 2 N–H and O–H groups in total. The second-order valence-corrected chi connectivity index (χ2v) is 4.80. The highest BCUT2D eigenvalue weighted by molar-refractivity contribution is 5.20. The van der Waals surface area contributed by atoms with E-state index >= 15 is 0 Å². The highest BCUT2D eigenvalue weighted by Gasteiger charge is 2.20. The lowest BCUT2D eigenvalue weighted by atomic mass is 9.97. The maximum atomic E-state index is 12.1. The standard InChI is InChI=1S/C12H21N3O/c1-5-6-7-15-11(16)10(12(3,4)13)8-9(2)14-15/h8H,5-7,13H2,1-4H3. The van der Waals surface area contributed by atoms with E-state index in [9.17, 15) is 4.79 Å². The number of unbranched alkanes of at least 4 members (excludes halogenated alkanes) is 1. The molecule has 1 heterocycles. The summed E-state index contributed by atoms with van der Waals surface area (Å²) < 4.78 is 1.53. The van der Waals surface area contributed by atoms with Crippen LogP contribution in [0.15, 0.2) is 10.9 Å². The maximum Gasteiger partial charge on any atom is 0.271 e. The fourth-order valence-electron chi connectivity index (χ4n) is 1.60. The van der Waals surface area contributed by atoms with Gasteiger partial charge < -0.3 is 5.73 Å². The number of aryl methyl sites for hydroxylation is 2. The molecule has 0 aliphatic heterocycles. The molecule has 0 radical (unpaired) electrons. The Bertz CT molecular complexity index is 415. The van der Waals surface area contributed by atoms with Crippen molar-refractivity contribution in [1.82, 2.24) is 9.78 Å². The minimum Gasteiger partial charge on any atom is -0.322 e. The van der Waals surface area contributed by atoms with E-state index in [-0.39, 0.29) is 5.56 Å². The predicted molar refractivity (Wildman–Crippen MR) is 65.4 cm³/mol. The SMILES string of the molecule is CCCCn1nc(C)cc(C(C)(C)N)c1=O. The van der Waals surface area contributed by atoms with E-state index in [0.717, 1.165) is 18.5 Å². The normalized spacial score (nSPS) is 11.8. The van der Waals surface area contributed by atoms with Crippen molar-refractivity contribution in [2.45, 2.75) is 52.6 Å². The number of hydrogen-bond acceptors (Lipinski definition) is 3. The largest absolute Gasteiger partial charge is 0.322 e. The average molecular weight is 223 g/mol. The summed E-state index contributed by atoms with van der Waals surface area (Å²) in [6, 6.07) is 1.78. The summed E-state index contributed by atoms with van der Waals surface area (Å²) in [7, 11) is 0. The van der Waals surface area contributed by atoms with Crippen LogP contribution in [0.5, 0.6) is 0 Å². The van der Waals surface area contributed by atoms with E-state index in [1.165, 1.54) is 4.68 Å². The Hall–Kier alpha value is -1.16. The van der Waals surface area contributed by atoms with Gasteiger partial charge in [0.1, 0.15) is 0 Å². The monoisotopic (exact) mass is 223 g/mol. The Morgan fingerprint density at radius 1 is 1.50 bits per heavy atom. The second-order valence-electron chi connectivity index (χ2n) is 4.80. The summed E-state index contributed by atoms with van der Waals surface area (Å²) in [5.74, 6) is 0. The van der Waals surface area contributed by atoms with E-state index in [2.05, 4.69) is 12.0 Å². The molecule has 4 heteroatoms. The van der Waals surface area contributed by atoms with Crippen LogP contribution in [0, 0.1) is 6.92 Å². The summed E-state index contributed by atoms with van der Waals surface area (Å²) in [5, 5.41) is 4.23. The minimum atomic E-state index is -0.612. The predicted octanol–water partition coefficient (Wildman–Crippen LogP) is 1.55. The first-order valence-corrected chi connectivity index (χ1v) is 5.74. The van der Waals surface area contributed by atoms with E-state index in [1.807, 2.05) is 20.8 Å². The van der Waals surface area contributed by atoms with Crippen LogP contribution in [0.1, 0.15) is 44.9 Å². The summed E-state index contributed by atoms with van der Waals surface area (Å²) >= 11 is 0. The number of aromatic nitrogens is 2. The van der Waals surface area contributed by atoms with Gasteiger partial charge in [-0.3, -0.25) is 4.79 Å². The summed E-state index contributed by atoms with van der Waals surface area (Å²) in [5.41, 5.74) is 6.78. The van der Waals surface area contributed by atoms with E-state index in [0.29, 0.717) is 12.1 Å². The first kappa shape index (κ1) is 12.9. The van der Waals surface area contributed by atoms with Gasteiger partial charge >= 0.3 is 0 Å². The van der Waals surface area contributed by atoms with Crippen molar-refractivity contribution in [3.8, 4) is 0 Å². The fraction of sp³-hybridized carbons (Fsp3) is 0.667. The van der Waals surface area contributed by atoms with Gasteiger partial charge in [-0.25, -0.2) is 4.68 Å². The van der Waals surface area contributed by atoms with Crippen molar-refractivity contribution in [3.63, 3.8) is 0 Å². The van der Waals surface area contributed by atoms with Gasteiger partial charge in [0.2, 0.25) is 0 Å². The van der Waals surface area contributed by atoms with Crippen LogP contribution in [-0.2, 0) is 12.1 Å². The summed E-state index contributed by atoms with van der Waals surface area (Å²) in [6.45, 7) is 8.33. The van der Waals surface area contributed by atoms with Crippen LogP contribution < -0.4 is 11.3 Å². The zero-order valence-electron chi connectivity index (χ0n) is 10.6. The number of nitrogens with zero attached hydrogens (tertiary/aromatic N) is 2. The van der Waals surface area contributed by atoms with Crippen molar-refractivity contribution in [2.75, 3.05) is 0 Å². The Morgan fingerprint density at radius 3 is 2.62 bits per heavy atom. The molecule has 0 aliphatic carbocycles. The van der Waals surface area contributed by atoms with Gasteiger partial charge in [-0.2, -0.15) is 5.10 Å². The summed E-state index contributed by atoms with van der Waals surface area (Å²) in [6.07, 6.45) is 2.00. The first-order chi connectivity index (χ1) is 7.36. The van der Waals surface area contributed by atoms with Crippen LogP contribution in [0.3, 0.4) is 0 Å². The topological polar surface area (TPSA) is 60.9 Å². The summed E-state index contributed by atoms with van der Waals surface area (Å²) in [4.78, 5) is 12.1.